The van der Waals surface area contributed by atoms with E-state index in [9.17, 15) is 9.90 Å². The van der Waals surface area contributed by atoms with Crippen LogP contribution in [0.4, 0.5) is 0 Å². The topological polar surface area (TPSA) is 37.3 Å². The summed E-state index contributed by atoms with van der Waals surface area (Å²) in [5, 5.41) is 9.69. The van der Waals surface area contributed by atoms with Crippen molar-refractivity contribution in [3.05, 3.63) is 0 Å². The number of ketones is 1. The van der Waals surface area contributed by atoms with E-state index in [0.717, 1.165) is 12.8 Å². The van der Waals surface area contributed by atoms with Gasteiger partial charge in [0.2, 0.25) is 0 Å². The summed E-state index contributed by atoms with van der Waals surface area (Å²) in [7, 11) is 0. The Labute approximate surface area is 85.7 Å². The lowest BCUT2D eigenvalue weighted by molar-refractivity contribution is -0.170. The summed E-state index contributed by atoms with van der Waals surface area (Å²) in [5.74, 6) is 1.28. The molecule has 2 aliphatic carbocycles. The minimum Gasteiger partial charge on any atom is -0.393 e. The van der Waals surface area contributed by atoms with Gasteiger partial charge in [-0.1, -0.05) is 20.8 Å². The average Bonchev–Trinajstić information content (AvgIpc) is 2.11. The van der Waals surface area contributed by atoms with Crippen molar-refractivity contribution in [2.75, 3.05) is 0 Å². The van der Waals surface area contributed by atoms with Crippen LogP contribution >= 0.6 is 0 Å². The molecule has 1 N–H and O–H groups in total. The second-order valence-corrected chi connectivity index (χ2v) is 5.60. The first kappa shape index (κ1) is 10.2. The van der Waals surface area contributed by atoms with Crippen molar-refractivity contribution in [3.63, 3.8) is 0 Å². The number of aliphatic hydroxyl groups is 1. The highest BCUT2D eigenvalue weighted by Gasteiger charge is 2.57. The molecule has 80 valence electrons. The second-order valence-electron chi connectivity index (χ2n) is 5.60. The summed E-state index contributed by atoms with van der Waals surface area (Å²) in [6.45, 7) is 6.32. The van der Waals surface area contributed by atoms with Gasteiger partial charge >= 0.3 is 0 Å². The first-order chi connectivity index (χ1) is 6.47. The van der Waals surface area contributed by atoms with E-state index >= 15 is 0 Å². The lowest BCUT2D eigenvalue weighted by Gasteiger charge is -2.55. The molecule has 4 unspecified atom stereocenters. The van der Waals surface area contributed by atoms with E-state index in [0.29, 0.717) is 18.1 Å². The zero-order chi connectivity index (χ0) is 10.5. The van der Waals surface area contributed by atoms with Crippen LogP contribution in [0.5, 0.6) is 0 Å². The van der Waals surface area contributed by atoms with Crippen molar-refractivity contribution in [1.82, 2.24) is 0 Å². The van der Waals surface area contributed by atoms with Crippen molar-refractivity contribution in [3.8, 4) is 0 Å². The van der Waals surface area contributed by atoms with Crippen LogP contribution in [-0.4, -0.2) is 17.0 Å². The van der Waals surface area contributed by atoms with Gasteiger partial charge in [-0.05, 0) is 25.2 Å². The first-order valence-corrected chi connectivity index (χ1v) is 5.68. The lowest BCUT2D eigenvalue weighted by atomic mass is 9.50. The van der Waals surface area contributed by atoms with Crippen molar-refractivity contribution >= 4 is 5.78 Å². The van der Waals surface area contributed by atoms with E-state index in [1.54, 1.807) is 0 Å². The van der Waals surface area contributed by atoms with Gasteiger partial charge in [-0.2, -0.15) is 0 Å². The molecule has 0 aliphatic heterocycles. The first-order valence-electron chi connectivity index (χ1n) is 5.68. The third kappa shape index (κ3) is 1.16. The molecule has 2 nitrogen and oxygen atoms in total. The number of carbonyl (C=O) groups is 1. The Bertz CT molecular complexity index is 259. The molecule has 0 aromatic rings. The maximum atomic E-state index is 12.1. The second kappa shape index (κ2) is 3.06. The molecule has 0 bridgehead atoms. The minimum absolute atomic E-state index is 0.0809. The van der Waals surface area contributed by atoms with Gasteiger partial charge in [0.15, 0.2) is 0 Å². The number of hydrogen-bond acceptors (Lipinski definition) is 2. The molecule has 2 saturated carbocycles. The standard InChI is InChI=1S/C12H20O2/c1-7(2)8-4-5-12(3)9(11(8)14)6-10(12)13/h7-10,13H,4-6H2,1-3H3. The van der Waals surface area contributed by atoms with Crippen molar-refractivity contribution < 1.29 is 9.90 Å². The van der Waals surface area contributed by atoms with Gasteiger partial charge < -0.3 is 5.11 Å². The van der Waals surface area contributed by atoms with Crippen LogP contribution < -0.4 is 0 Å². The van der Waals surface area contributed by atoms with Crippen molar-refractivity contribution in [2.45, 2.75) is 46.1 Å². The molecule has 0 amide bonds. The normalized spacial score (nSPS) is 47.5. The summed E-state index contributed by atoms with van der Waals surface area (Å²) in [5.41, 5.74) is -0.0809. The van der Waals surface area contributed by atoms with E-state index in [1.165, 1.54) is 0 Å². The van der Waals surface area contributed by atoms with Crippen LogP contribution in [-0.2, 0) is 4.79 Å². The van der Waals surface area contributed by atoms with Gasteiger partial charge in [0.25, 0.3) is 0 Å². The molecule has 0 saturated heterocycles. The molecule has 2 fully saturated rings. The molecule has 0 aromatic carbocycles. The predicted molar refractivity (Wildman–Crippen MR) is 54.8 cm³/mol. The van der Waals surface area contributed by atoms with Crippen molar-refractivity contribution in [2.24, 2.45) is 23.2 Å². The van der Waals surface area contributed by atoms with E-state index in [4.69, 9.17) is 0 Å². The lowest BCUT2D eigenvalue weighted by Crippen LogP contribution is -2.59. The Morgan fingerprint density at radius 1 is 1.50 bits per heavy atom. The third-order valence-corrected chi connectivity index (χ3v) is 4.52. The fourth-order valence-corrected chi connectivity index (χ4v) is 3.14. The molecule has 2 aliphatic rings. The zero-order valence-electron chi connectivity index (χ0n) is 9.29. The monoisotopic (exact) mass is 196 g/mol. The van der Waals surface area contributed by atoms with E-state index in [2.05, 4.69) is 20.8 Å². The highest BCUT2D eigenvalue weighted by atomic mass is 16.3. The van der Waals surface area contributed by atoms with Crippen LogP contribution in [0, 0.1) is 23.2 Å². The highest BCUT2D eigenvalue weighted by Crippen LogP contribution is 2.55. The Kier molecular flexibility index (Phi) is 2.22. The number of fused-ring (bicyclic) bond motifs is 1. The molecule has 0 heterocycles. The quantitative estimate of drug-likeness (QED) is 0.696. The van der Waals surface area contributed by atoms with Gasteiger partial charge in [0, 0.05) is 17.3 Å². The fraction of sp³-hybridized carbons (Fsp3) is 0.917. The Morgan fingerprint density at radius 2 is 2.14 bits per heavy atom. The number of rotatable bonds is 1. The summed E-state index contributed by atoms with van der Waals surface area (Å²) < 4.78 is 0. The number of hydrogen-bond donors (Lipinski definition) is 1. The molecule has 0 spiro atoms. The van der Waals surface area contributed by atoms with Gasteiger partial charge in [-0.15, -0.1) is 0 Å². The zero-order valence-corrected chi connectivity index (χ0v) is 9.29. The van der Waals surface area contributed by atoms with Crippen LogP contribution in [0.15, 0.2) is 0 Å². The Morgan fingerprint density at radius 3 is 2.64 bits per heavy atom. The summed E-state index contributed by atoms with van der Waals surface area (Å²) in [6.07, 6.45) is 2.47. The maximum Gasteiger partial charge on any atom is 0.140 e. The third-order valence-electron chi connectivity index (χ3n) is 4.52. The minimum atomic E-state index is -0.232. The molecule has 0 radical (unpaired) electrons. The van der Waals surface area contributed by atoms with Gasteiger partial charge in [0.05, 0.1) is 6.10 Å². The summed E-state index contributed by atoms with van der Waals surface area (Å²) >= 11 is 0. The SMILES string of the molecule is CC(C)C1CCC2(C)C(O)CC2C1=O. The van der Waals surface area contributed by atoms with E-state index in [-0.39, 0.29) is 23.4 Å². The maximum absolute atomic E-state index is 12.1. The summed E-state index contributed by atoms with van der Waals surface area (Å²) in [6, 6.07) is 0. The largest absolute Gasteiger partial charge is 0.393 e. The highest BCUT2D eigenvalue weighted by molar-refractivity contribution is 5.86. The molecular formula is C12H20O2. The number of Topliss-reactive ketones (excluding diaryl/α,β-unsaturated/α-hetero) is 1. The molecule has 14 heavy (non-hydrogen) atoms. The molecule has 2 heteroatoms. The van der Waals surface area contributed by atoms with Gasteiger partial charge in [-0.3, -0.25) is 4.79 Å². The molecule has 2 rings (SSSR count). The number of carbonyl (C=O) groups excluding carboxylic acids is 1. The molecular weight excluding hydrogens is 176 g/mol. The van der Waals surface area contributed by atoms with Crippen molar-refractivity contribution in [1.29, 1.82) is 0 Å². The smallest absolute Gasteiger partial charge is 0.140 e. The van der Waals surface area contributed by atoms with Crippen LogP contribution in [0.2, 0.25) is 0 Å². The molecule has 4 atom stereocenters. The van der Waals surface area contributed by atoms with E-state index < -0.39 is 0 Å². The van der Waals surface area contributed by atoms with Crippen LogP contribution in [0.3, 0.4) is 0 Å². The number of aliphatic hydroxyl groups excluding tert-OH is 1. The summed E-state index contributed by atoms with van der Waals surface area (Å²) in [4.78, 5) is 12.1. The average molecular weight is 196 g/mol. The van der Waals surface area contributed by atoms with Crippen LogP contribution in [0.1, 0.15) is 40.0 Å². The van der Waals surface area contributed by atoms with Gasteiger partial charge in [-0.25, -0.2) is 0 Å². The van der Waals surface area contributed by atoms with Crippen LogP contribution in [0.25, 0.3) is 0 Å². The van der Waals surface area contributed by atoms with E-state index in [1.807, 2.05) is 0 Å². The fourth-order valence-electron chi connectivity index (χ4n) is 3.14. The Balaban J connectivity index is 2.14. The van der Waals surface area contributed by atoms with Gasteiger partial charge in [0.1, 0.15) is 5.78 Å². The molecule has 0 aromatic heterocycles. The Hall–Kier alpha value is -0.370. The predicted octanol–water partition coefficient (Wildman–Crippen LogP) is 2.01.